The van der Waals surface area contributed by atoms with E-state index in [-0.39, 0.29) is 11.3 Å². The molecule has 0 N–H and O–H groups in total. The summed E-state index contributed by atoms with van der Waals surface area (Å²) in [6, 6.07) is 40.5. The van der Waals surface area contributed by atoms with Gasteiger partial charge in [0.05, 0.1) is 16.7 Å². The highest BCUT2D eigenvalue weighted by molar-refractivity contribution is 6.17. The molecule has 9 rings (SSSR count). The van der Waals surface area contributed by atoms with Gasteiger partial charge in [0.15, 0.2) is 5.58 Å². The highest BCUT2D eigenvalue weighted by Gasteiger charge is 2.40. The summed E-state index contributed by atoms with van der Waals surface area (Å²) in [5.41, 5.74) is 9.63. The van der Waals surface area contributed by atoms with E-state index in [1.165, 1.54) is 16.7 Å². The molecule has 0 saturated carbocycles. The van der Waals surface area contributed by atoms with Gasteiger partial charge >= 0.3 is 0 Å². The van der Waals surface area contributed by atoms with E-state index in [1.54, 1.807) is 0 Å². The summed E-state index contributed by atoms with van der Waals surface area (Å²) < 4.78 is 9.24. The van der Waals surface area contributed by atoms with Crippen LogP contribution in [0.4, 0.5) is 0 Å². The molecule has 0 aliphatic heterocycles. The molecule has 5 aromatic carbocycles. The molecule has 4 heteroatoms. The molecule has 0 unspecified atom stereocenters. The quantitative estimate of drug-likeness (QED) is 0.213. The van der Waals surface area contributed by atoms with E-state index in [0.29, 0.717) is 5.95 Å². The molecule has 3 aromatic heterocycles. The van der Waals surface area contributed by atoms with Crippen LogP contribution in [0, 0.1) is 0 Å². The Morgan fingerprint density at radius 3 is 2.23 bits per heavy atom. The zero-order valence-electron chi connectivity index (χ0n) is 24.3. The molecule has 1 atom stereocenters. The van der Waals surface area contributed by atoms with Gasteiger partial charge in [-0.3, -0.25) is 4.57 Å². The van der Waals surface area contributed by atoms with Gasteiger partial charge in [-0.2, -0.15) is 0 Å². The molecule has 0 radical (unpaired) electrons. The molecule has 0 amide bonds. The Kier molecular flexibility index (Phi) is 4.91. The van der Waals surface area contributed by atoms with Crippen molar-refractivity contribution in [1.82, 2.24) is 14.5 Å². The number of hydrogen-bond acceptors (Lipinski definition) is 3. The molecule has 4 nitrogen and oxygen atoms in total. The third-order valence-electron chi connectivity index (χ3n) is 9.48. The number of rotatable bonds is 2. The van der Waals surface area contributed by atoms with E-state index in [1.807, 2.05) is 12.1 Å². The first-order valence-electron chi connectivity index (χ1n) is 14.9. The Bertz CT molecular complexity index is 2390. The highest BCUT2D eigenvalue weighted by atomic mass is 16.3. The molecule has 1 aliphatic carbocycles. The molecule has 0 spiro atoms. The van der Waals surface area contributed by atoms with Crippen molar-refractivity contribution >= 4 is 43.7 Å². The third kappa shape index (κ3) is 3.26. The van der Waals surface area contributed by atoms with Crippen LogP contribution in [-0.2, 0) is 5.41 Å². The van der Waals surface area contributed by atoms with Crippen molar-refractivity contribution in [3.63, 3.8) is 0 Å². The Morgan fingerprint density at radius 1 is 0.674 bits per heavy atom. The smallest absolute Gasteiger partial charge is 0.235 e. The highest BCUT2D eigenvalue weighted by Crippen LogP contribution is 2.52. The Morgan fingerprint density at radius 2 is 1.37 bits per heavy atom. The summed E-state index contributed by atoms with van der Waals surface area (Å²) in [5.74, 6) is 1.84. The fraction of sp³-hybridized carbons (Fsp3) is 0.128. The monoisotopic (exact) mass is 555 g/mol. The minimum Gasteiger partial charge on any atom is -0.458 e. The molecule has 3 heterocycles. The van der Waals surface area contributed by atoms with Gasteiger partial charge in [0.25, 0.3) is 0 Å². The van der Waals surface area contributed by atoms with E-state index in [2.05, 4.69) is 128 Å². The van der Waals surface area contributed by atoms with Crippen LogP contribution < -0.4 is 0 Å². The van der Waals surface area contributed by atoms with Gasteiger partial charge in [-0.25, -0.2) is 9.97 Å². The number of para-hydroxylation sites is 2. The Balaban J connectivity index is 1.42. The second-order valence-corrected chi connectivity index (χ2v) is 12.2. The molecule has 206 valence electrons. The van der Waals surface area contributed by atoms with E-state index in [4.69, 9.17) is 14.4 Å². The number of benzene rings is 5. The lowest BCUT2D eigenvalue weighted by Crippen LogP contribution is -2.27. The van der Waals surface area contributed by atoms with Crippen LogP contribution in [-0.4, -0.2) is 14.5 Å². The maximum absolute atomic E-state index is 7.03. The van der Waals surface area contributed by atoms with Crippen LogP contribution in [0.5, 0.6) is 0 Å². The Labute approximate surface area is 249 Å². The predicted molar refractivity (Wildman–Crippen MR) is 175 cm³/mol. The van der Waals surface area contributed by atoms with E-state index in [9.17, 15) is 0 Å². The average Bonchev–Trinajstić information content (AvgIpc) is 3.61. The summed E-state index contributed by atoms with van der Waals surface area (Å²) in [6.07, 6.45) is 0. The lowest BCUT2D eigenvalue weighted by molar-refractivity contribution is 0.483. The lowest BCUT2D eigenvalue weighted by Gasteiger charge is -2.35. The van der Waals surface area contributed by atoms with Crippen molar-refractivity contribution in [2.45, 2.75) is 32.1 Å². The van der Waals surface area contributed by atoms with Crippen molar-refractivity contribution in [3.05, 3.63) is 138 Å². The van der Waals surface area contributed by atoms with Crippen molar-refractivity contribution in [3.8, 4) is 17.2 Å². The van der Waals surface area contributed by atoms with Crippen LogP contribution in [0.3, 0.4) is 0 Å². The lowest BCUT2D eigenvalue weighted by atomic mass is 9.67. The standard InChI is InChI=1S/C39H29N3O/c1-23-25-15-7-10-18-30(25)39(2,3)33-29-22-21-27-26-16-9-12-20-32(26)42(35(27)37(29)43-36(23)33)38-40-31-19-11-8-17-28(31)34(41-38)24-13-5-4-6-14-24/h4-23H,1-3H3/t23-/m1/s1. The molecule has 8 aromatic rings. The Hall–Kier alpha value is -5.22. The summed E-state index contributed by atoms with van der Waals surface area (Å²) in [4.78, 5) is 10.5. The molecule has 0 fully saturated rings. The first kappa shape index (κ1) is 24.4. The summed E-state index contributed by atoms with van der Waals surface area (Å²) in [5, 5.41) is 4.48. The summed E-state index contributed by atoms with van der Waals surface area (Å²) in [7, 11) is 0. The van der Waals surface area contributed by atoms with Gasteiger partial charge in [0.2, 0.25) is 5.95 Å². The molecular formula is C39H29N3O. The normalized spacial score (nSPS) is 15.7. The van der Waals surface area contributed by atoms with Crippen LogP contribution in [0.2, 0.25) is 0 Å². The zero-order valence-corrected chi connectivity index (χ0v) is 24.3. The second kappa shape index (κ2) is 8.65. The van der Waals surface area contributed by atoms with Gasteiger partial charge < -0.3 is 4.42 Å². The molecule has 43 heavy (non-hydrogen) atoms. The van der Waals surface area contributed by atoms with Gasteiger partial charge in [-0.15, -0.1) is 0 Å². The van der Waals surface area contributed by atoms with Crippen LogP contribution in [0.15, 0.2) is 120 Å². The topological polar surface area (TPSA) is 43.9 Å². The molecule has 0 bridgehead atoms. The summed E-state index contributed by atoms with van der Waals surface area (Å²) >= 11 is 0. The fourth-order valence-electron chi connectivity index (χ4n) is 7.48. The molecule has 0 saturated heterocycles. The van der Waals surface area contributed by atoms with Gasteiger partial charge in [0.1, 0.15) is 11.3 Å². The number of hydrogen-bond donors (Lipinski definition) is 0. The van der Waals surface area contributed by atoms with Gasteiger partial charge in [-0.1, -0.05) is 124 Å². The SMILES string of the molecule is C[C@@H]1c2ccccc2C(C)(C)c2c1oc1c2ccc2c3ccccc3n(-c3nc(-c4ccccc4)c4ccccc4n3)c21. The van der Waals surface area contributed by atoms with Crippen LogP contribution >= 0.6 is 0 Å². The van der Waals surface area contributed by atoms with Gasteiger partial charge in [-0.05, 0) is 23.3 Å². The first-order valence-corrected chi connectivity index (χ1v) is 14.9. The van der Waals surface area contributed by atoms with Crippen LogP contribution in [0.1, 0.15) is 49.1 Å². The van der Waals surface area contributed by atoms with Crippen molar-refractivity contribution in [2.75, 3.05) is 0 Å². The van der Waals surface area contributed by atoms with E-state index in [0.717, 1.165) is 60.7 Å². The maximum Gasteiger partial charge on any atom is 0.235 e. The molecule has 1 aliphatic rings. The third-order valence-corrected chi connectivity index (χ3v) is 9.48. The first-order chi connectivity index (χ1) is 21.0. The minimum atomic E-state index is -0.200. The number of furan rings is 1. The van der Waals surface area contributed by atoms with Gasteiger partial charge in [0, 0.05) is 44.0 Å². The number of aromatic nitrogens is 3. The average molecular weight is 556 g/mol. The van der Waals surface area contributed by atoms with Crippen molar-refractivity contribution in [2.24, 2.45) is 0 Å². The van der Waals surface area contributed by atoms with Crippen molar-refractivity contribution in [1.29, 1.82) is 0 Å². The largest absolute Gasteiger partial charge is 0.458 e. The van der Waals surface area contributed by atoms with E-state index < -0.39 is 0 Å². The fourth-order valence-corrected chi connectivity index (χ4v) is 7.48. The predicted octanol–water partition coefficient (Wildman–Crippen LogP) is 9.93. The van der Waals surface area contributed by atoms with Crippen LogP contribution in [0.25, 0.3) is 60.9 Å². The summed E-state index contributed by atoms with van der Waals surface area (Å²) in [6.45, 7) is 6.91. The number of nitrogens with zero attached hydrogens (tertiary/aromatic N) is 3. The number of fused-ring (bicyclic) bond motifs is 9. The molecular weight excluding hydrogens is 526 g/mol. The second-order valence-electron chi connectivity index (χ2n) is 12.2. The maximum atomic E-state index is 7.03. The van der Waals surface area contributed by atoms with Crippen molar-refractivity contribution < 1.29 is 4.42 Å². The van der Waals surface area contributed by atoms with E-state index >= 15 is 0 Å². The zero-order chi connectivity index (χ0) is 28.9. The minimum absolute atomic E-state index is 0.154.